The number of aromatic hydroxyl groups is 1. The SMILES string of the molecule is CC#N.COc1ccc(C#N)cc1.COc1ccc(C(=NCCC(C)(C)C)NC#N)cc1.COc1ccc(C(C)=N)cc1.COc1ccc(C(C)=NC#N)cc1.Cl.N#Cc1ccc(O)cc1.OO[PH2+]OO.[Na+].[Na+]. The van der Waals surface area contributed by atoms with Gasteiger partial charge in [0.15, 0.2) is 6.19 Å². The molecule has 0 aliphatic carbocycles. The summed E-state index contributed by atoms with van der Waals surface area (Å²) >= 11 is 0. The van der Waals surface area contributed by atoms with Gasteiger partial charge in [0.1, 0.15) is 34.6 Å². The second-order valence-electron chi connectivity index (χ2n) is 14.4. The number of phenols is 1. The quantitative estimate of drug-likeness (QED) is 0.0170. The molecule has 5 aromatic carbocycles. The third-order valence-corrected chi connectivity index (χ3v) is 8.39. The van der Waals surface area contributed by atoms with Crippen molar-refractivity contribution in [3.05, 3.63) is 149 Å². The summed E-state index contributed by atoms with van der Waals surface area (Å²) in [7, 11) is 5.40. The standard InChI is InChI=1S/C15H21N3O.C10H10N2O.C9H11NO.C8H7NO.C7H5NO.C2H3N.ClH.2Na.H3O4P/c1-15(2,3)9-10-17-14(18-11-16)12-5-7-13(19-4)8-6-12;1-8(12-7-11)9-3-5-10(13-2)6-4-9;1-7(10)8-3-5-9(11-2)6-4-8;1-10-8-4-2-7(6-9)3-5-8;8-5-6-1-3-7(9)4-2-6;1-2-3;;;;1-3-5-4-2/h5-8H,9-10H2,1-4H3,(H,17,18);3-6H,1-2H3;3-6,10H,1-2H3;2-5H,1H3;1-4,9H;1H3;1H;;;5H2,(H-,1,2)/q;;;;;;;2*+1;/p+1. The second-order valence-corrected chi connectivity index (χ2v) is 15.0. The van der Waals surface area contributed by atoms with E-state index in [-0.39, 0.29) is 82.7 Å². The minimum absolute atomic E-state index is 0. The first-order valence-electron chi connectivity index (χ1n) is 20.6. The zero-order valence-corrected chi connectivity index (χ0v) is 49.3. The van der Waals surface area contributed by atoms with Crippen LogP contribution < -0.4 is 83.4 Å². The van der Waals surface area contributed by atoms with Crippen molar-refractivity contribution in [2.45, 2.75) is 48.0 Å². The van der Waals surface area contributed by atoms with Gasteiger partial charge in [-0.1, -0.05) is 30.1 Å². The summed E-state index contributed by atoms with van der Waals surface area (Å²) in [6, 6.07) is 41.1. The number of benzene rings is 5. The maximum absolute atomic E-state index is 8.79. The van der Waals surface area contributed by atoms with Crippen molar-refractivity contribution in [2.24, 2.45) is 15.4 Å². The summed E-state index contributed by atoms with van der Waals surface area (Å²) < 4.78 is 26.6. The topological polar surface area (TPSA) is 296 Å². The number of phenolic OH excluding ortho intramolecular Hbond substituents is 1. The van der Waals surface area contributed by atoms with Crippen molar-refractivity contribution in [3.8, 4) is 59.3 Å². The van der Waals surface area contributed by atoms with Gasteiger partial charge < -0.3 is 29.5 Å². The number of hydrogen-bond acceptors (Lipinski definition) is 17. The molecule has 0 unspecified atom stereocenters. The predicted molar refractivity (Wildman–Crippen MR) is 280 cm³/mol. The van der Waals surface area contributed by atoms with Crippen LogP contribution in [0, 0.1) is 67.7 Å². The van der Waals surface area contributed by atoms with Gasteiger partial charge >= 0.3 is 68.1 Å². The number of nitrogens with zero attached hydrogens (tertiary/aromatic N) is 7. The zero-order valence-electron chi connectivity index (χ0n) is 43.4. The molecule has 18 nitrogen and oxygen atoms in total. The fraction of sp³-hybridized carbons (Fsp3) is 0.255. The van der Waals surface area contributed by atoms with E-state index in [9.17, 15) is 0 Å². The van der Waals surface area contributed by atoms with Gasteiger partial charge in [-0.15, -0.1) is 12.4 Å². The number of nitrogens with one attached hydrogen (secondary N) is 2. The van der Waals surface area contributed by atoms with Crippen molar-refractivity contribution in [2.75, 3.05) is 35.0 Å². The van der Waals surface area contributed by atoms with Crippen molar-refractivity contribution in [1.29, 1.82) is 31.7 Å². The number of halogens is 1. The Morgan fingerprint density at radius 3 is 1.25 bits per heavy atom. The van der Waals surface area contributed by atoms with Gasteiger partial charge in [-0.25, -0.2) is 10.5 Å². The van der Waals surface area contributed by atoms with E-state index in [1.165, 1.54) is 19.1 Å². The van der Waals surface area contributed by atoms with Gasteiger partial charge in [-0.2, -0.15) is 31.3 Å². The molecule has 73 heavy (non-hydrogen) atoms. The van der Waals surface area contributed by atoms with Crippen LogP contribution in [0.25, 0.3) is 0 Å². The number of rotatable bonds is 11. The fourth-order valence-electron chi connectivity index (χ4n) is 4.54. The molecule has 0 spiro atoms. The average Bonchev–Trinajstić information content (AvgIpc) is 3.37. The van der Waals surface area contributed by atoms with Crippen LogP contribution in [0.3, 0.4) is 0 Å². The summed E-state index contributed by atoms with van der Waals surface area (Å²) in [5.74, 6) is 3.99. The Labute approximate surface area is 481 Å². The molecule has 0 atom stereocenters. The van der Waals surface area contributed by atoms with Crippen molar-refractivity contribution in [1.82, 2.24) is 5.32 Å². The molecule has 0 fully saturated rings. The molecule has 0 saturated heterocycles. The summed E-state index contributed by atoms with van der Waals surface area (Å²) in [5.41, 5.74) is 5.50. The molecule has 0 aromatic heterocycles. The molecule has 0 aliphatic heterocycles. The van der Waals surface area contributed by atoms with Gasteiger partial charge in [0.25, 0.3) is 0 Å². The third kappa shape index (κ3) is 39.2. The zero-order chi connectivity index (χ0) is 53.2. The molecule has 5 rings (SSSR count). The first-order chi connectivity index (χ1) is 33.5. The molecule has 0 aliphatic rings. The van der Waals surface area contributed by atoms with E-state index in [0.717, 1.165) is 46.1 Å². The number of methoxy groups -OCH3 is 4. The summed E-state index contributed by atoms with van der Waals surface area (Å²) in [5, 5.41) is 74.5. The molecule has 0 heterocycles. The number of ether oxygens (including phenoxy) is 4. The van der Waals surface area contributed by atoms with Crippen molar-refractivity contribution >= 4 is 38.7 Å². The molecule has 22 heteroatoms. The van der Waals surface area contributed by atoms with Crippen LogP contribution >= 0.6 is 21.4 Å². The first-order valence-corrected chi connectivity index (χ1v) is 21.5. The molecule has 376 valence electrons. The van der Waals surface area contributed by atoms with Gasteiger partial charge in [-0.3, -0.25) is 10.3 Å². The Kier molecular flexibility index (Phi) is 50.1. The van der Waals surface area contributed by atoms with E-state index in [1.54, 1.807) is 90.9 Å². The molecule has 0 radical (unpaired) electrons. The largest absolute Gasteiger partial charge is 1.00 e. The van der Waals surface area contributed by atoms with Gasteiger partial charge in [-0.05, 0) is 158 Å². The maximum Gasteiger partial charge on any atom is 1.00 e. The third-order valence-electron chi connectivity index (χ3n) is 8.22. The fourth-order valence-corrected chi connectivity index (χ4v) is 4.58. The van der Waals surface area contributed by atoms with Crippen LogP contribution in [-0.4, -0.2) is 67.9 Å². The monoisotopic (exact) mass is 1060 g/mol. The summed E-state index contributed by atoms with van der Waals surface area (Å²) in [4.78, 5) is 8.10. The van der Waals surface area contributed by atoms with E-state index in [4.69, 9.17) is 66.3 Å². The second kappa shape index (κ2) is 48.2. The number of amidine groups is 1. The molecule has 0 saturated carbocycles. The van der Waals surface area contributed by atoms with Crippen LogP contribution in [0.1, 0.15) is 75.8 Å². The Hall–Kier alpha value is -6.08. The van der Waals surface area contributed by atoms with E-state index in [0.29, 0.717) is 34.9 Å². The molecule has 0 bridgehead atoms. The smallest absolute Gasteiger partial charge is 0.508 e. The Morgan fingerprint density at radius 2 is 0.959 bits per heavy atom. The Balaban J connectivity index is -0.000000257. The maximum atomic E-state index is 8.79. The van der Waals surface area contributed by atoms with E-state index in [2.05, 4.69) is 45.4 Å². The van der Waals surface area contributed by atoms with Gasteiger partial charge in [0.05, 0.1) is 63.5 Å². The Morgan fingerprint density at radius 1 is 0.616 bits per heavy atom. The molecular weight excluding hydrogens is 995 g/mol. The number of nitriles is 5. The minimum atomic E-state index is -1.07. The minimum Gasteiger partial charge on any atom is -0.508 e. The van der Waals surface area contributed by atoms with Crippen molar-refractivity contribution < 1.29 is 103 Å². The summed E-state index contributed by atoms with van der Waals surface area (Å²) in [6.45, 7) is 12.2. The van der Waals surface area contributed by atoms with Crippen LogP contribution in [-0.2, 0) is 9.35 Å². The first kappa shape index (κ1) is 75.8. The predicted octanol–water partition coefficient (Wildman–Crippen LogP) is 5.01. The van der Waals surface area contributed by atoms with Gasteiger partial charge in [0, 0.05) is 24.7 Å². The molecule has 5 N–H and O–H groups in total. The average molecular weight is 1060 g/mol. The number of aliphatic imine (C=N–C) groups is 2. The van der Waals surface area contributed by atoms with E-state index >= 15 is 0 Å². The number of hydrogen-bond donors (Lipinski definition) is 5. The molecular formula is C51H62ClN9Na2O9P+3. The van der Waals surface area contributed by atoms with Crippen LogP contribution in [0.2, 0.25) is 0 Å². The molecule has 0 amide bonds. The van der Waals surface area contributed by atoms with E-state index in [1.807, 2.05) is 91.1 Å². The molecule has 5 aromatic rings. The normalized spacial score (nSPS) is 9.25. The van der Waals surface area contributed by atoms with Gasteiger partial charge in [0.2, 0.25) is 6.19 Å². The van der Waals surface area contributed by atoms with E-state index < -0.39 is 9.03 Å². The van der Waals surface area contributed by atoms with Crippen molar-refractivity contribution in [3.63, 3.8) is 0 Å². The van der Waals surface area contributed by atoms with Crippen LogP contribution in [0.15, 0.2) is 131 Å². The van der Waals surface area contributed by atoms with Crippen LogP contribution in [0.4, 0.5) is 0 Å². The Bertz CT molecular complexity index is 2500. The van der Waals surface area contributed by atoms with Crippen LogP contribution in [0.5, 0.6) is 28.7 Å². The summed E-state index contributed by atoms with van der Waals surface area (Å²) in [6.07, 6.45) is 4.65.